The van der Waals surface area contributed by atoms with Crippen molar-refractivity contribution in [2.45, 2.75) is 25.9 Å². The number of fused-ring (bicyclic) bond motifs is 1. The molecule has 6 nitrogen and oxygen atoms in total. The second kappa shape index (κ2) is 5.47. The van der Waals surface area contributed by atoms with Gasteiger partial charge in [-0.1, -0.05) is 0 Å². The zero-order valence-electron chi connectivity index (χ0n) is 11.1. The van der Waals surface area contributed by atoms with E-state index in [1.165, 1.54) is 0 Å². The molecular formula is C13H13F2N5O. The van der Waals surface area contributed by atoms with Crippen molar-refractivity contribution in [3.8, 4) is 0 Å². The Balaban J connectivity index is 1.59. The molecule has 0 aliphatic carbocycles. The highest BCUT2D eigenvalue weighted by molar-refractivity contribution is 5.89. The highest BCUT2D eigenvalue weighted by atomic mass is 19.1. The van der Waals surface area contributed by atoms with E-state index in [0.717, 1.165) is 43.4 Å². The largest absolute Gasteiger partial charge is 0.331 e. The lowest BCUT2D eigenvalue weighted by Gasteiger charge is -2.08. The molecule has 0 radical (unpaired) electrons. The van der Waals surface area contributed by atoms with E-state index in [9.17, 15) is 13.6 Å². The molecule has 1 aliphatic rings. The van der Waals surface area contributed by atoms with E-state index in [2.05, 4.69) is 20.8 Å². The number of carbonyl (C=O) groups is 1. The first-order chi connectivity index (χ1) is 10.1. The fraction of sp³-hybridized carbons (Fsp3) is 0.308. The number of halogens is 2. The van der Waals surface area contributed by atoms with Gasteiger partial charge in [-0.25, -0.2) is 13.6 Å². The second-order valence-electron chi connectivity index (χ2n) is 4.75. The normalized spacial score (nSPS) is 13.0. The van der Waals surface area contributed by atoms with Crippen LogP contribution in [-0.2, 0) is 19.5 Å². The van der Waals surface area contributed by atoms with Gasteiger partial charge in [0.15, 0.2) is 5.82 Å². The van der Waals surface area contributed by atoms with Crippen LogP contribution in [-0.4, -0.2) is 20.8 Å². The molecule has 2 heterocycles. The SMILES string of the molecule is O=C(NCc1nnc2n1CCC2)Nc1cc(F)cc(F)c1. The van der Waals surface area contributed by atoms with Crippen LogP contribution in [0.25, 0.3) is 0 Å². The van der Waals surface area contributed by atoms with Crippen LogP contribution in [0.2, 0.25) is 0 Å². The van der Waals surface area contributed by atoms with Gasteiger partial charge in [-0.15, -0.1) is 10.2 Å². The first-order valence-electron chi connectivity index (χ1n) is 6.54. The van der Waals surface area contributed by atoms with Crippen molar-refractivity contribution in [3.63, 3.8) is 0 Å². The summed E-state index contributed by atoms with van der Waals surface area (Å²) < 4.78 is 28.0. The fourth-order valence-electron chi connectivity index (χ4n) is 2.30. The summed E-state index contributed by atoms with van der Waals surface area (Å²) in [6.07, 6.45) is 1.91. The molecule has 2 amide bonds. The van der Waals surface area contributed by atoms with E-state index in [-0.39, 0.29) is 12.2 Å². The van der Waals surface area contributed by atoms with Crippen molar-refractivity contribution in [2.24, 2.45) is 0 Å². The molecule has 1 aromatic heterocycles. The molecule has 8 heteroatoms. The molecule has 21 heavy (non-hydrogen) atoms. The van der Waals surface area contributed by atoms with Crippen LogP contribution in [0.4, 0.5) is 19.3 Å². The second-order valence-corrected chi connectivity index (χ2v) is 4.75. The number of anilines is 1. The number of amides is 2. The van der Waals surface area contributed by atoms with Gasteiger partial charge in [0.2, 0.25) is 0 Å². The Morgan fingerprint density at radius 2 is 2.00 bits per heavy atom. The number of hydrogen-bond acceptors (Lipinski definition) is 3. The minimum atomic E-state index is -0.749. The van der Waals surface area contributed by atoms with Gasteiger partial charge in [0.1, 0.15) is 17.5 Å². The number of urea groups is 1. The number of nitrogens with zero attached hydrogens (tertiary/aromatic N) is 3. The van der Waals surface area contributed by atoms with E-state index in [1.807, 2.05) is 4.57 Å². The minimum absolute atomic E-state index is 0.0523. The maximum absolute atomic E-state index is 13.0. The number of rotatable bonds is 3. The summed E-state index contributed by atoms with van der Waals surface area (Å²) in [6.45, 7) is 1.05. The molecule has 0 spiro atoms. The van der Waals surface area contributed by atoms with Crippen LogP contribution in [0.1, 0.15) is 18.1 Å². The maximum atomic E-state index is 13.0. The summed E-state index contributed by atoms with van der Waals surface area (Å²) in [5.41, 5.74) is 0.0523. The molecule has 1 aliphatic heterocycles. The Kier molecular flexibility index (Phi) is 3.51. The molecule has 0 unspecified atom stereocenters. The fourth-order valence-corrected chi connectivity index (χ4v) is 2.30. The summed E-state index contributed by atoms with van der Waals surface area (Å²) in [6, 6.07) is 2.26. The quantitative estimate of drug-likeness (QED) is 0.906. The summed E-state index contributed by atoms with van der Waals surface area (Å²) in [5.74, 6) is 0.0867. The van der Waals surface area contributed by atoms with Crippen LogP contribution >= 0.6 is 0 Å². The Bertz CT molecular complexity index is 665. The van der Waals surface area contributed by atoms with E-state index < -0.39 is 17.7 Å². The van der Waals surface area contributed by atoms with E-state index in [4.69, 9.17) is 0 Å². The number of nitrogens with one attached hydrogen (secondary N) is 2. The van der Waals surface area contributed by atoms with Crippen LogP contribution in [0.3, 0.4) is 0 Å². The Labute approximate surface area is 119 Å². The predicted octanol–water partition coefficient (Wildman–Crippen LogP) is 1.82. The molecule has 1 aromatic carbocycles. The van der Waals surface area contributed by atoms with E-state index in [1.54, 1.807) is 0 Å². The topological polar surface area (TPSA) is 71.8 Å². The third kappa shape index (κ3) is 2.99. The van der Waals surface area contributed by atoms with Crippen molar-refractivity contribution >= 4 is 11.7 Å². The van der Waals surface area contributed by atoms with E-state index in [0.29, 0.717) is 5.82 Å². The Hall–Kier alpha value is -2.51. The minimum Gasteiger partial charge on any atom is -0.331 e. The lowest BCUT2D eigenvalue weighted by Crippen LogP contribution is -2.29. The number of carbonyl (C=O) groups excluding carboxylic acids is 1. The molecule has 2 aromatic rings. The molecule has 3 rings (SSSR count). The lowest BCUT2D eigenvalue weighted by atomic mass is 10.3. The molecular weight excluding hydrogens is 280 g/mol. The average Bonchev–Trinajstić information content (AvgIpc) is 2.98. The molecule has 0 bridgehead atoms. The van der Waals surface area contributed by atoms with Gasteiger partial charge in [0, 0.05) is 24.7 Å². The molecule has 110 valence electrons. The molecule has 0 saturated heterocycles. The third-order valence-electron chi connectivity index (χ3n) is 3.21. The van der Waals surface area contributed by atoms with Crippen LogP contribution in [0, 0.1) is 11.6 Å². The monoisotopic (exact) mass is 293 g/mol. The zero-order valence-corrected chi connectivity index (χ0v) is 11.1. The highest BCUT2D eigenvalue weighted by Crippen LogP contribution is 2.14. The van der Waals surface area contributed by atoms with Crippen molar-refractivity contribution in [1.82, 2.24) is 20.1 Å². The van der Waals surface area contributed by atoms with Gasteiger partial charge in [-0.2, -0.15) is 0 Å². The summed E-state index contributed by atoms with van der Waals surface area (Å²) >= 11 is 0. The standard InChI is InChI=1S/C13H13F2N5O/c14-8-4-9(15)6-10(5-8)17-13(21)16-7-12-19-18-11-2-1-3-20(11)12/h4-6H,1-3,7H2,(H2,16,17,21). The number of aromatic nitrogens is 3. The first kappa shape index (κ1) is 13.5. The number of aryl methyl sites for hydroxylation is 1. The maximum Gasteiger partial charge on any atom is 0.319 e. The van der Waals surface area contributed by atoms with Gasteiger partial charge in [0.25, 0.3) is 0 Å². The summed E-state index contributed by atoms with van der Waals surface area (Å²) in [4.78, 5) is 11.7. The molecule has 0 atom stereocenters. The Morgan fingerprint density at radius 3 is 2.76 bits per heavy atom. The van der Waals surface area contributed by atoms with E-state index >= 15 is 0 Å². The van der Waals surface area contributed by atoms with Crippen molar-refractivity contribution in [2.75, 3.05) is 5.32 Å². The average molecular weight is 293 g/mol. The molecule has 0 saturated carbocycles. The number of hydrogen-bond donors (Lipinski definition) is 2. The molecule has 0 fully saturated rings. The number of benzene rings is 1. The van der Waals surface area contributed by atoms with Crippen LogP contribution in [0.15, 0.2) is 18.2 Å². The van der Waals surface area contributed by atoms with Crippen molar-refractivity contribution < 1.29 is 13.6 Å². The summed E-state index contributed by atoms with van der Waals surface area (Å²) in [7, 11) is 0. The smallest absolute Gasteiger partial charge is 0.319 e. The van der Waals surface area contributed by atoms with Gasteiger partial charge >= 0.3 is 6.03 Å². The van der Waals surface area contributed by atoms with Crippen molar-refractivity contribution in [1.29, 1.82) is 0 Å². The van der Waals surface area contributed by atoms with Gasteiger partial charge < -0.3 is 15.2 Å². The third-order valence-corrected chi connectivity index (χ3v) is 3.21. The zero-order chi connectivity index (χ0) is 14.8. The van der Waals surface area contributed by atoms with Gasteiger partial charge in [0.05, 0.1) is 6.54 Å². The van der Waals surface area contributed by atoms with Crippen molar-refractivity contribution in [3.05, 3.63) is 41.5 Å². The van der Waals surface area contributed by atoms with Gasteiger partial charge in [-0.05, 0) is 18.6 Å². The summed E-state index contributed by atoms with van der Waals surface area (Å²) in [5, 5.41) is 13.0. The first-order valence-corrected chi connectivity index (χ1v) is 6.54. The highest BCUT2D eigenvalue weighted by Gasteiger charge is 2.17. The molecule has 2 N–H and O–H groups in total. The van der Waals surface area contributed by atoms with Crippen LogP contribution < -0.4 is 10.6 Å². The van der Waals surface area contributed by atoms with Gasteiger partial charge in [-0.3, -0.25) is 0 Å². The Morgan fingerprint density at radius 1 is 1.24 bits per heavy atom. The van der Waals surface area contributed by atoms with Crippen LogP contribution in [0.5, 0.6) is 0 Å². The predicted molar refractivity (Wildman–Crippen MR) is 70.6 cm³/mol. The lowest BCUT2D eigenvalue weighted by molar-refractivity contribution is 0.251.